The number of nitrogens with zero attached hydrogens (tertiary/aromatic N) is 2. The van der Waals surface area contributed by atoms with E-state index in [9.17, 15) is 5.11 Å². The summed E-state index contributed by atoms with van der Waals surface area (Å²) < 4.78 is 0.856. The molecule has 0 saturated carbocycles. The Bertz CT molecular complexity index is 609. The summed E-state index contributed by atoms with van der Waals surface area (Å²) in [6.07, 6.45) is 0. The van der Waals surface area contributed by atoms with Gasteiger partial charge in [-0.2, -0.15) is 5.11 Å². The summed E-state index contributed by atoms with van der Waals surface area (Å²) in [4.78, 5) is 0. The number of aromatic hydroxyl groups is 1. The molecule has 0 amide bonds. The molecular formula is C14H13BrN2O. The van der Waals surface area contributed by atoms with Crippen molar-refractivity contribution in [2.24, 2.45) is 10.2 Å². The van der Waals surface area contributed by atoms with E-state index < -0.39 is 0 Å². The standard InChI is InChI=1S/C14H13BrN2O/c1-9-3-5-12(7-10(9)2)16-17-13-8-11(15)4-6-14(13)18/h3-8,18H,1-2H3. The predicted octanol–water partition coefficient (Wildman–Crippen LogP) is 5.19. The molecule has 0 aliphatic carbocycles. The lowest BCUT2D eigenvalue weighted by Gasteiger charge is -2.01. The van der Waals surface area contributed by atoms with Gasteiger partial charge in [0, 0.05) is 4.47 Å². The second kappa shape index (κ2) is 5.31. The van der Waals surface area contributed by atoms with Gasteiger partial charge in [0.2, 0.25) is 0 Å². The van der Waals surface area contributed by atoms with Crippen LogP contribution < -0.4 is 0 Å². The van der Waals surface area contributed by atoms with Gasteiger partial charge in [-0.25, -0.2) is 0 Å². The van der Waals surface area contributed by atoms with Gasteiger partial charge in [0.15, 0.2) is 0 Å². The van der Waals surface area contributed by atoms with Gasteiger partial charge in [0.05, 0.1) is 5.69 Å². The molecule has 0 bridgehead atoms. The Morgan fingerprint density at radius 3 is 2.44 bits per heavy atom. The van der Waals surface area contributed by atoms with Gasteiger partial charge in [-0.15, -0.1) is 5.11 Å². The highest BCUT2D eigenvalue weighted by Crippen LogP contribution is 2.31. The minimum absolute atomic E-state index is 0.116. The molecule has 0 atom stereocenters. The normalized spacial score (nSPS) is 11.1. The van der Waals surface area contributed by atoms with Crippen LogP contribution in [0.2, 0.25) is 0 Å². The molecule has 4 heteroatoms. The number of azo groups is 1. The first-order valence-corrected chi connectivity index (χ1v) is 6.33. The summed E-state index contributed by atoms with van der Waals surface area (Å²) in [5, 5.41) is 17.8. The lowest BCUT2D eigenvalue weighted by molar-refractivity contribution is 0.476. The fraction of sp³-hybridized carbons (Fsp3) is 0.143. The minimum Gasteiger partial charge on any atom is -0.506 e. The van der Waals surface area contributed by atoms with E-state index in [-0.39, 0.29) is 5.75 Å². The van der Waals surface area contributed by atoms with Crippen LogP contribution in [0, 0.1) is 13.8 Å². The Morgan fingerprint density at radius 2 is 1.72 bits per heavy atom. The van der Waals surface area contributed by atoms with Gasteiger partial charge in [0.1, 0.15) is 11.4 Å². The summed E-state index contributed by atoms with van der Waals surface area (Å²) in [5.41, 5.74) is 3.62. The van der Waals surface area contributed by atoms with E-state index in [0.29, 0.717) is 5.69 Å². The number of phenolic OH excluding ortho intramolecular Hbond substituents is 1. The van der Waals surface area contributed by atoms with Crippen LogP contribution in [0.25, 0.3) is 0 Å². The Hall–Kier alpha value is -1.68. The molecule has 0 aromatic heterocycles. The summed E-state index contributed by atoms with van der Waals surface area (Å²) in [6, 6.07) is 10.9. The van der Waals surface area contributed by atoms with Crippen LogP contribution >= 0.6 is 15.9 Å². The number of phenols is 1. The molecule has 0 unspecified atom stereocenters. The molecule has 0 heterocycles. The van der Waals surface area contributed by atoms with Crippen molar-refractivity contribution in [3.8, 4) is 5.75 Å². The maximum absolute atomic E-state index is 9.64. The van der Waals surface area contributed by atoms with Gasteiger partial charge in [0.25, 0.3) is 0 Å². The third-order valence-electron chi connectivity index (χ3n) is 2.70. The van der Waals surface area contributed by atoms with E-state index in [1.54, 1.807) is 18.2 Å². The topological polar surface area (TPSA) is 45.0 Å². The highest BCUT2D eigenvalue weighted by Gasteiger charge is 2.00. The van der Waals surface area contributed by atoms with E-state index in [1.165, 1.54) is 11.1 Å². The molecule has 0 aliphatic heterocycles. The third kappa shape index (κ3) is 2.96. The van der Waals surface area contributed by atoms with Crippen molar-refractivity contribution in [3.05, 3.63) is 52.0 Å². The second-order valence-electron chi connectivity index (χ2n) is 4.10. The van der Waals surface area contributed by atoms with Gasteiger partial charge in [-0.1, -0.05) is 22.0 Å². The summed E-state index contributed by atoms with van der Waals surface area (Å²) in [7, 11) is 0. The fourth-order valence-corrected chi connectivity index (χ4v) is 1.83. The van der Waals surface area contributed by atoms with Crippen molar-refractivity contribution in [2.75, 3.05) is 0 Å². The quantitative estimate of drug-likeness (QED) is 0.763. The van der Waals surface area contributed by atoms with Gasteiger partial charge >= 0.3 is 0 Å². The lowest BCUT2D eigenvalue weighted by Crippen LogP contribution is -1.77. The molecule has 0 fully saturated rings. The first-order valence-electron chi connectivity index (χ1n) is 5.54. The van der Waals surface area contributed by atoms with Gasteiger partial charge in [-0.05, 0) is 55.3 Å². The maximum atomic E-state index is 9.64. The zero-order valence-corrected chi connectivity index (χ0v) is 11.8. The summed E-state index contributed by atoms with van der Waals surface area (Å²) >= 11 is 3.33. The predicted molar refractivity (Wildman–Crippen MR) is 75.9 cm³/mol. The van der Waals surface area contributed by atoms with Crippen molar-refractivity contribution in [1.82, 2.24) is 0 Å². The number of hydrogen-bond donors (Lipinski definition) is 1. The highest BCUT2D eigenvalue weighted by atomic mass is 79.9. The molecule has 2 aromatic rings. The van der Waals surface area contributed by atoms with E-state index in [1.807, 2.05) is 25.1 Å². The molecule has 0 spiro atoms. The second-order valence-corrected chi connectivity index (χ2v) is 5.02. The Labute approximate surface area is 114 Å². The van der Waals surface area contributed by atoms with Crippen LogP contribution in [0.1, 0.15) is 11.1 Å². The van der Waals surface area contributed by atoms with Gasteiger partial charge in [-0.3, -0.25) is 0 Å². The van der Waals surface area contributed by atoms with Crippen molar-refractivity contribution in [3.63, 3.8) is 0 Å². The maximum Gasteiger partial charge on any atom is 0.143 e. The molecule has 0 radical (unpaired) electrons. The highest BCUT2D eigenvalue weighted by molar-refractivity contribution is 9.10. The number of halogens is 1. The summed E-state index contributed by atoms with van der Waals surface area (Å²) in [6.45, 7) is 4.08. The van der Waals surface area contributed by atoms with Crippen LogP contribution in [0.15, 0.2) is 51.1 Å². The van der Waals surface area contributed by atoms with Crippen molar-refractivity contribution in [1.29, 1.82) is 0 Å². The molecule has 0 aliphatic rings. The molecule has 2 aromatic carbocycles. The fourth-order valence-electron chi connectivity index (χ4n) is 1.48. The van der Waals surface area contributed by atoms with E-state index >= 15 is 0 Å². The van der Waals surface area contributed by atoms with Crippen LogP contribution in [0.3, 0.4) is 0 Å². The Balaban J connectivity index is 2.29. The van der Waals surface area contributed by atoms with Crippen molar-refractivity contribution >= 4 is 27.3 Å². The van der Waals surface area contributed by atoms with Crippen molar-refractivity contribution < 1.29 is 5.11 Å². The van der Waals surface area contributed by atoms with Crippen LogP contribution in [-0.2, 0) is 0 Å². The first kappa shape index (κ1) is 12.8. The average molecular weight is 305 g/mol. The molecule has 2 rings (SSSR count). The molecule has 0 saturated heterocycles. The zero-order valence-electron chi connectivity index (χ0n) is 10.2. The van der Waals surface area contributed by atoms with E-state index in [2.05, 4.69) is 33.1 Å². The molecular weight excluding hydrogens is 292 g/mol. The Morgan fingerprint density at radius 1 is 0.944 bits per heavy atom. The minimum atomic E-state index is 0.116. The number of hydrogen-bond acceptors (Lipinski definition) is 3. The smallest absolute Gasteiger partial charge is 0.143 e. The zero-order chi connectivity index (χ0) is 13.1. The molecule has 92 valence electrons. The van der Waals surface area contributed by atoms with E-state index in [4.69, 9.17) is 0 Å². The molecule has 3 nitrogen and oxygen atoms in total. The van der Waals surface area contributed by atoms with Gasteiger partial charge < -0.3 is 5.11 Å². The Kier molecular flexibility index (Phi) is 3.77. The van der Waals surface area contributed by atoms with Crippen LogP contribution in [-0.4, -0.2) is 5.11 Å². The monoisotopic (exact) mass is 304 g/mol. The number of aryl methyl sites for hydroxylation is 2. The average Bonchev–Trinajstić information content (AvgIpc) is 2.34. The van der Waals surface area contributed by atoms with Crippen LogP contribution in [0.5, 0.6) is 5.75 Å². The van der Waals surface area contributed by atoms with E-state index in [0.717, 1.165) is 10.2 Å². The summed E-state index contributed by atoms with van der Waals surface area (Å²) in [5.74, 6) is 0.116. The van der Waals surface area contributed by atoms with Crippen LogP contribution in [0.4, 0.5) is 11.4 Å². The SMILES string of the molecule is Cc1ccc(N=Nc2cc(Br)ccc2O)cc1C. The third-order valence-corrected chi connectivity index (χ3v) is 3.19. The molecule has 18 heavy (non-hydrogen) atoms. The number of benzene rings is 2. The first-order chi connectivity index (χ1) is 8.56. The number of rotatable bonds is 2. The molecule has 1 N–H and O–H groups in total. The largest absolute Gasteiger partial charge is 0.506 e. The van der Waals surface area contributed by atoms with Crippen molar-refractivity contribution in [2.45, 2.75) is 13.8 Å². The lowest BCUT2D eigenvalue weighted by atomic mass is 10.1.